The topological polar surface area (TPSA) is 63.3 Å². The van der Waals surface area contributed by atoms with Gasteiger partial charge in [0.1, 0.15) is 0 Å². The van der Waals surface area contributed by atoms with Gasteiger partial charge in [-0.15, -0.1) is 0 Å². The van der Waals surface area contributed by atoms with E-state index >= 15 is 0 Å². The SMILES string of the molecule is NC12CC3CC4(C(=O)O)CC(C1)C24C3. The summed E-state index contributed by atoms with van der Waals surface area (Å²) in [6.07, 6.45) is 5.13. The highest BCUT2D eigenvalue weighted by Crippen LogP contribution is 2.87. The molecular formula is C11H15NO2. The molecule has 4 rings (SSSR count). The van der Waals surface area contributed by atoms with Crippen LogP contribution in [0.1, 0.15) is 32.1 Å². The fourth-order valence-electron chi connectivity index (χ4n) is 5.80. The Balaban J connectivity index is 1.91. The van der Waals surface area contributed by atoms with Crippen molar-refractivity contribution in [2.45, 2.75) is 37.6 Å². The Kier molecular flexibility index (Phi) is 0.903. The first kappa shape index (κ1) is 7.69. The minimum atomic E-state index is -0.564. The molecular weight excluding hydrogens is 178 g/mol. The van der Waals surface area contributed by atoms with E-state index in [0.717, 1.165) is 32.1 Å². The van der Waals surface area contributed by atoms with Crippen molar-refractivity contribution >= 4 is 5.97 Å². The molecule has 5 unspecified atom stereocenters. The zero-order valence-corrected chi connectivity index (χ0v) is 8.12. The normalized spacial score (nSPS) is 66.9. The van der Waals surface area contributed by atoms with E-state index in [4.69, 9.17) is 5.73 Å². The maximum Gasteiger partial charge on any atom is 0.310 e. The highest BCUT2D eigenvalue weighted by atomic mass is 16.4. The maximum atomic E-state index is 11.4. The maximum absolute atomic E-state index is 11.4. The zero-order chi connectivity index (χ0) is 9.77. The van der Waals surface area contributed by atoms with Crippen molar-refractivity contribution in [2.75, 3.05) is 0 Å². The third kappa shape index (κ3) is 0.420. The van der Waals surface area contributed by atoms with Gasteiger partial charge in [0.05, 0.1) is 5.41 Å². The Labute approximate surface area is 82.7 Å². The van der Waals surface area contributed by atoms with Crippen molar-refractivity contribution in [1.82, 2.24) is 0 Å². The van der Waals surface area contributed by atoms with E-state index in [0.29, 0.717) is 11.8 Å². The second kappa shape index (κ2) is 1.64. The van der Waals surface area contributed by atoms with Gasteiger partial charge in [0.2, 0.25) is 0 Å². The van der Waals surface area contributed by atoms with Gasteiger partial charge in [-0.1, -0.05) is 0 Å². The van der Waals surface area contributed by atoms with Gasteiger partial charge < -0.3 is 10.8 Å². The van der Waals surface area contributed by atoms with Crippen LogP contribution >= 0.6 is 0 Å². The first-order valence-corrected chi connectivity index (χ1v) is 5.56. The predicted molar refractivity (Wildman–Crippen MR) is 49.5 cm³/mol. The highest BCUT2D eigenvalue weighted by Gasteiger charge is 2.87. The molecule has 3 N–H and O–H groups in total. The van der Waals surface area contributed by atoms with Crippen molar-refractivity contribution in [3.8, 4) is 0 Å². The molecule has 14 heavy (non-hydrogen) atoms. The molecule has 0 aliphatic heterocycles. The molecule has 3 nitrogen and oxygen atoms in total. The number of fused-ring (bicyclic) bond motifs is 1. The van der Waals surface area contributed by atoms with Crippen molar-refractivity contribution < 1.29 is 9.90 Å². The van der Waals surface area contributed by atoms with Crippen molar-refractivity contribution in [3.63, 3.8) is 0 Å². The average Bonchev–Trinajstić information content (AvgIpc) is 2.48. The van der Waals surface area contributed by atoms with Crippen LogP contribution in [-0.2, 0) is 4.79 Å². The molecule has 0 amide bonds. The Morgan fingerprint density at radius 1 is 1.21 bits per heavy atom. The minimum absolute atomic E-state index is 0.0382. The molecule has 4 fully saturated rings. The smallest absolute Gasteiger partial charge is 0.310 e. The van der Waals surface area contributed by atoms with E-state index in [1.165, 1.54) is 0 Å². The molecule has 0 saturated heterocycles. The van der Waals surface area contributed by atoms with Crippen LogP contribution in [0.3, 0.4) is 0 Å². The Bertz CT molecular complexity index is 368. The van der Waals surface area contributed by atoms with Gasteiger partial charge in [0, 0.05) is 11.0 Å². The second-order valence-corrected chi connectivity index (χ2v) is 6.10. The number of carboxylic acid groups (broad SMARTS) is 1. The first-order chi connectivity index (χ1) is 6.54. The molecule has 4 saturated carbocycles. The van der Waals surface area contributed by atoms with E-state index in [2.05, 4.69) is 0 Å². The molecule has 0 aromatic heterocycles. The summed E-state index contributed by atoms with van der Waals surface area (Å²) in [5, 5.41) is 9.41. The monoisotopic (exact) mass is 193 g/mol. The molecule has 0 aromatic rings. The van der Waals surface area contributed by atoms with E-state index in [-0.39, 0.29) is 11.0 Å². The Morgan fingerprint density at radius 3 is 2.50 bits per heavy atom. The zero-order valence-electron chi connectivity index (χ0n) is 8.12. The van der Waals surface area contributed by atoms with Gasteiger partial charge in [-0.3, -0.25) is 4.79 Å². The number of hydrogen-bond acceptors (Lipinski definition) is 2. The van der Waals surface area contributed by atoms with Crippen LogP contribution in [0.25, 0.3) is 0 Å². The number of hydrogen-bond donors (Lipinski definition) is 2. The lowest BCUT2D eigenvalue weighted by atomic mass is 9.29. The molecule has 76 valence electrons. The largest absolute Gasteiger partial charge is 0.481 e. The molecule has 0 radical (unpaired) electrons. The summed E-state index contributed by atoms with van der Waals surface area (Å²) in [6.45, 7) is 0. The minimum Gasteiger partial charge on any atom is -0.481 e. The fourth-order valence-corrected chi connectivity index (χ4v) is 5.80. The third-order valence-electron chi connectivity index (χ3n) is 5.95. The van der Waals surface area contributed by atoms with Crippen LogP contribution in [-0.4, -0.2) is 16.6 Å². The Morgan fingerprint density at radius 2 is 2.00 bits per heavy atom. The van der Waals surface area contributed by atoms with Crippen LogP contribution in [0, 0.1) is 22.7 Å². The summed E-state index contributed by atoms with van der Waals surface area (Å²) in [5.74, 6) is 0.699. The summed E-state index contributed by atoms with van der Waals surface area (Å²) in [6, 6.07) is 0. The Hall–Kier alpha value is -0.570. The molecule has 0 aromatic carbocycles. The van der Waals surface area contributed by atoms with Crippen LogP contribution in [0.15, 0.2) is 0 Å². The summed E-state index contributed by atoms with van der Waals surface area (Å²) in [7, 11) is 0. The van der Waals surface area contributed by atoms with E-state index in [9.17, 15) is 9.90 Å². The summed E-state index contributed by atoms with van der Waals surface area (Å²) in [4.78, 5) is 11.4. The van der Waals surface area contributed by atoms with Crippen molar-refractivity contribution in [2.24, 2.45) is 28.4 Å². The number of carboxylic acids is 1. The van der Waals surface area contributed by atoms with Gasteiger partial charge in [-0.2, -0.15) is 0 Å². The molecule has 3 heteroatoms. The lowest BCUT2D eigenvalue weighted by Gasteiger charge is -2.75. The standard InChI is InChI=1S/C11H15NO2/c12-10-2-6-1-9(8(13)14)4-7(5-10)11(9,10)3-6/h6-7H,1-5,12H2,(H,13,14). The van der Waals surface area contributed by atoms with Crippen molar-refractivity contribution in [3.05, 3.63) is 0 Å². The molecule has 4 aliphatic rings. The predicted octanol–water partition coefficient (Wildman–Crippen LogP) is 0.979. The van der Waals surface area contributed by atoms with E-state index in [1.54, 1.807) is 0 Å². The lowest BCUT2D eigenvalue weighted by Crippen LogP contribution is -2.80. The third-order valence-corrected chi connectivity index (χ3v) is 5.95. The lowest BCUT2D eigenvalue weighted by molar-refractivity contribution is -0.257. The summed E-state index contributed by atoms with van der Waals surface area (Å²) in [5.41, 5.74) is 5.92. The fraction of sp³-hybridized carbons (Fsp3) is 0.909. The number of carbonyl (C=O) groups is 1. The summed E-state index contributed by atoms with van der Waals surface area (Å²) >= 11 is 0. The number of aliphatic carboxylic acids is 1. The molecule has 1 spiro atoms. The quantitative estimate of drug-likeness (QED) is 0.652. The average molecular weight is 193 g/mol. The summed E-state index contributed by atoms with van der Waals surface area (Å²) < 4.78 is 0. The van der Waals surface area contributed by atoms with Crippen molar-refractivity contribution in [1.29, 1.82) is 0 Å². The van der Waals surface area contributed by atoms with Crippen LogP contribution in [0.5, 0.6) is 0 Å². The number of nitrogens with two attached hydrogens (primary N) is 1. The van der Waals surface area contributed by atoms with E-state index < -0.39 is 11.4 Å². The van der Waals surface area contributed by atoms with Crippen LogP contribution in [0.4, 0.5) is 0 Å². The van der Waals surface area contributed by atoms with Gasteiger partial charge in [-0.05, 0) is 43.9 Å². The van der Waals surface area contributed by atoms with Gasteiger partial charge in [0.25, 0.3) is 0 Å². The van der Waals surface area contributed by atoms with Gasteiger partial charge >= 0.3 is 5.97 Å². The van der Waals surface area contributed by atoms with E-state index in [1.807, 2.05) is 0 Å². The van der Waals surface area contributed by atoms with Crippen LogP contribution < -0.4 is 5.73 Å². The first-order valence-electron chi connectivity index (χ1n) is 5.56. The van der Waals surface area contributed by atoms with Gasteiger partial charge in [0.15, 0.2) is 0 Å². The van der Waals surface area contributed by atoms with Crippen LogP contribution in [0.2, 0.25) is 0 Å². The van der Waals surface area contributed by atoms with Gasteiger partial charge in [-0.25, -0.2) is 0 Å². The molecule has 0 heterocycles. The molecule has 5 atom stereocenters. The number of rotatable bonds is 1. The molecule has 2 bridgehead atoms. The highest BCUT2D eigenvalue weighted by molar-refractivity contribution is 5.80. The second-order valence-electron chi connectivity index (χ2n) is 6.10. The molecule has 4 aliphatic carbocycles.